The van der Waals surface area contributed by atoms with Crippen LogP contribution < -0.4 is 9.64 Å². The van der Waals surface area contributed by atoms with E-state index in [1.807, 2.05) is 29.6 Å². The fraction of sp³-hybridized carbons (Fsp3) is 0.238. The minimum absolute atomic E-state index is 0.0418. The zero-order valence-corrected chi connectivity index (χ0v) is 17.7. The molecule has 0 bridgehead atoms. The van der Waals surface area contributed by atoms with E-state index in [-0.39, 0.29) is 31.3 Å². The fourth-order valence-electron chi connectivity index (χ4n) is 3.12. The Kier molecular flexibility index (Phi) is 5.91. The zero-order valence-electron chi connectivity index (χ0n) is 16.1. The van der Waals surface area contributed by atoms with Gasteiger partial charge in [0.15, 0.2) is 11.7 Å². The van der Waals surface area contributed by atoms with Gasteiger partial charge < -0.3 is 9.47 Å². The predicted octanol–water partition coefficient (Wildman–Crippen LogP) is 3.66. The van der Waals surface area contributed by atoms with Crippen molar-refractivity contribution in [3.8, 4) is 17.0 Å². The lowest BCUT2D eigenvalue weighted by Crippen LogP contribution is -2.27. The Hall–Kier alpha value is -3.04. The van der Waals surface area contributed by atoms with Crippen LogP contribution in [0.4, 0.5) is 5.13 Å². The van der Waals surface area contributed by atoms with Crippen molar-refractivity contribution >= 4 is 45.5 Å². The highest BCUT2D eigenvalue weighted by molar-refractivity contribution is 7.14. The molecule has 1 aliphatic rings. The quantitative estimate of drug-likeness (QED) is 0.410. The molecular formula is C21H18N2O5S2. The normalized spacial score (nSPS) is 16.0. The molecule has 9 heteroatoms. The topological polar surface area (TPSA) is 85.8 Å². The minimum Gasteiger partial charge on any atom is -0.497 e. The number of nitrogens with zero attached hydrogens (tertiary/aromatic N) is 2. The number of esters is 1. The number of rotatable bonds is 7. The number of amides is 1. The summed E-state index contributed by atoms with van der Waals surface area (Å²) < 4.78 is 10.4. The van der Waals surface area contributed by atoms with E-state index in [1.165, 1.54) is 27.6 Å². The molecule has 2 aromatic heterocycles. The van der Waals surface area contributed by atoms with E-state index in [1.54, 1.807) is 24.6 Å². The summed E-state index contributed by atoms with van der Waals surface area (Å²) in [6.45, 7) is -0.128. The average molecular weight is 443 g/mol. The lowest BCUT2D eigenvalue weighted by molar-refractivity contribution is -0.147. The minimum atomic E-state index is -0.613. The average Bonchev–Trinajstić information content (AvgIpc) is 3.52. The number of Topliss-reactive ketones (excluding diaryl/α,β-unsaturated/α-hetero) is 1. The Morgan fingerprint density at radius 3 is 2.87 bits per heavy atom. The summed E-state index contributed by atoms with van der Waals surface area (Å²) in [7, 11) is 1.60. The predicted molar refractivity (Wildman–Crippen MR) is 114 cm³/mol. The van der Waals surface area contributed by atoms with Crippen molar-refractivity contribution in [2.24, 2.45) is 5.92 Å². The summed E-state index contributed by atoms with van der Waals surface area (Å²) in [4.78, 5) is 43.4. The van der Waals surface area contributed by atoms with Gasteiger partial charge >= 0.3 is 5.97 Å². The molecule has 0 aliphatic carbocycles. The second-order valence-electron chi connectivity index (χ2n) is 6.66. The molecule has 0 spiro atoms. The van der Waals surface area contributed by atoms with Crippen LogP contribution in [0.2, 0.25) is 0 Å². The van der Waals surface area contributed by atoms with Gasteiger partial charge in [-0.15, -0.1) is 22.7 Å². The number of methoxy groups -OCH3 is 1. The Morgan fingerprint density at radius 2 is 2.10 bits per heavy atom. The highest BCUT2D eigenvalue weighted by Crippen LogP contribution is 2.33. The second-order valence-corrected chi connectivity index (χ2v) is 8.45. The summed E-state index contributed by atoms with van der Waals surface area (Å²) in [6.07, 6.45) is 0.0418. The van der Waals surface area contributed by atoms with Crippen LogP contribution in [-0.2, 0) is 14.3 Å². The van der Waals surface area contributed by atoms with E-state index in [9.17, 15) is 14.4 Å². The third-order valence-electron chi connectivity index (χ3n) is 4.69. The smallest absolute Gasteiger partial charge is 0.311 e. The molecule has 1 unspecified atom stereocenters. The van der Waals surface area contributed by atoms with Crippen molar-refractivity contribution < 1.29 is 23.9 Å². The molecule has 0 saturated carbocycles. The molecule has 1 aromatic carbocycles. The molecule has 7 nitrogen and oxygen atoms in total. The zero-order chi connectivity index (χ0) is 21.1. The number of hydrogen-bond donors (Lipinski definition) is 0. The second kappa shape index (κ2) is 8.76. The molecular weight excluding hydrogens is 424 g/mol. The lowest BCUT2D eigenvalue weighted by atomic mass is 10.1. The number of carbonyl (C=O) groups is 3. The van der Waals surface area contributed by atoms with Gasteiger partial charge in [-0.25, -0.2) is 4.98 Å². The van der Waals surface area contributed by atoms with Gasteiger partial charge in [0.05, 0.1) is 23.6 Å². The standard InChI is InChI=1S/C21H18N2O5S2/c1-27-15-5-2-4-13(8-15)16-12-30-21(22-16)23-10-14(9-19(23)25)20(26)28-11-17(24)18-6-3-7-29-18/h2-8,12,14H,9-11H2,1H3. The number of ether oxygens (including phenoxy) is 2. The molecule has 1 atom stereocenters. The maximum Gasteiger partial charge on any atom is 0.311 e. The summed E-state index contributed by atoms with van der Waals surface area (Å²) in [5, 5.41) is 4.18. The van der Waals surface area contributed by atoms with Crippen LogP contribution in [0.25, 0.3) is 11.3 Å². The molecule has 1 fully saturated rings. The van der Waals surface area contributed by atoms with Crippen molar-refractivity contribution in [3.63, 3.8) is 0 Å². The van der Waals surface area contributed by atoms with Gasteiger partial charge in [0.1, 0.15) is 5.75 Å². The molecule has 1 amide bonds. The van der Waals surface area contributed by atoms with Gasteiger partial charge in [-0.2, -0.15) is 0 Å². The Morgan fingerprint density at radius 1 is 1.23 bits per heavy atom. The highest BCUT2D eigenvalue weighted by atomic mass is 32.1. The molecule has 4 rings (SSSR count). The molecule has 1 saturated heterocycles. The number of ketones is 1. The first-order valence-corrected chi connectivity index (χ1v) is 10.9. The molecule has 3 aromatic rings. The lowest BCUT2D eigenvalue weighted by Gasteiger charge is -2.12. The van der Waals surface area contributed by atoms with Crippen molar-refractivity contribution in [1.29, 1.82) is 0 Å². The van der Waals surface area contributed by atoms with Crippen LogP contribution in [0.15, 0.2) is 47.2 Å². The Labute approximate surface area is 180 Å². The van der Waals surface area contributed by atoms with Crippen LogP contribution in [0.3, 0.4) is 0 Å². The van der Waals surface area contributed by atoms with Gasteiger partial charge in [0.2, 0.25) is 11.7 Å². The summed E-state index contributed by atoms with van der Waals surface area (Å²) in [5.41, 5.74) is 1.61. The van der Waals surface area contributed by atoms with Crippen LogP contribution in [0.1, 0.15) is 16.1 Å². The van der Waals surface area contributed by atoms with Crippen molar-refractivity contribution in [1.82, 2.24) is 4.98 Å². The number of thiazole rings is 1. The van der Waals surface area contributed by atoms with E-state index in [0.717, 1.165) is 17.0 Å². The highest BCUT2D eigenvalue weighted by Gasteiger charge is 2.37. The molecule has 3 heterocycles. The van der Waals surface area contributed by atoms with Crippen LogP contribution in [0.5, 0.6) is 5.75 Å². The first kappa shape index (κ1) is 20.2. The van der Waals surface area contributed by atoms with Gasteiger partial charge in [0, 0.05) is 23.9 Å². The first-order chi connectivity index (χ1) is 14.5. The van der Waals surface area contributed by atoms with Crippen LogP contribution in [-0.4, -0.2) is 42.9 Å². The Balaban J connectivity index is 1.39. The van der Waals surface area contributed by atoms with Gasteiger partial charge in [-0.3, -0.25) is 19.3 Å². The monoisotopic (exact) mass is 442 g/mol. The molecule has 0 radical (unpaired) electrons. The van der Waals surface area contributed by atoms with Gasteiger partial charge in [-0.05, 0) is 23.6 Å². The fourth-order valence-corrected chi connectivity index (χ4v) is 4.63. The molecule has 0 N–H and O–H groups in total. The largest absolute Gasteiger partial charge is 0.497 e. The number of benzene rings is 1. The van der Waals surface area contributed by atoms with Crippen molar-refractivity contribution in [2.45, 2.75) is 6.42 Å². The van der Waals surface area contributed by atoms with Crippen LogP contribution in [0, 0.1) is 5.92 Å². The SMILES string of the molecule is COc1cccc(-c2csc(N3CC(C(=O)OCC(=O)c4cccs4)CC3=O)n2)c1. The summed E-state index contributed by atoms with van der Waals surface area (Å²) >= 11 is 2.64. The van der Waals surface area contributed by atoms with E-state index in [0.29, 0.717) is 10.0 Å². The van der Waals surface area contributed by atoms with Crippen LogP contribution >= 0.6 is 22.7 Å². The maximum absolute atomic E-state index is 12.5. The maximum atomic E-state index is 12.5. The molecule has 30 heavy (non-hydrogen) atoms. The van der Waals surface area contributed by atoms with Crippen molar-refractivity contribution in [2.75, 3.05) is 25.2 Å². The number of thiophene rings is 1. The number of anilines is 1. The molecule has 1 aliphatic heterocycles. The van der Waals surface area contributed by atoms with E-state index in [4.69, 9.17) is 9.47 Å². The third-order valence-corrected chi connectivity index (χ3v) is 6.46. The number of carbonyl (C=O) groups excluding carboxylic acids is 3. The third kappa shape index (κ3) is 4.27. The summed E-state index contributed by atoms with van der Waals surface area (Å²) in [5.74, 6) is -0.868. The van der Waals surface area contributed by atoms with E-state index in [2.05, 4.69) is 4.98 Å². The van der Waals surface area contributed by atoms with Crippen molar-refractivity contribution in [3.05, 3.63) is 52.0 Å². The summed E-state index contributed by atoms with van der Waals surface area (Å²) in [6, 6.07) is 11.0. The van der Waals surface area contributed by atoms with E-state index >= 15 is 0 Å². The Bertz CT molecular complexity index is 1080. The van der Waals surface area contributed by atoms with Gasteiger partial charge in [0.25, 0.3) is 0 Å². The number of aromatic nitrogens is 1. The molecule has 154 valence electrons. The number of hydrogen-bond acceptors (Lipinski definition) is 8. The van der Waals surface area contributed by atoms with E-state index < -0.39 is 11.9 Å². The first-order valence-electron chi connectivity index (χ1n) is 9.19. The van der Waals surface area contributed by atoms with Gasteiger partial charge in [-0.1, -0.05) is 18.2 Å².